The molecule has 1 aromatic heterocycles. The molecule has 1 aliphatic heterocycles. The number of aryl methyl sites for hydroxylation is 2. The monoisotopic (exact) mass is 533 g/mol. The highest BCUT2D eigenvalue weighted by molar-refractivity contribution is 7.80. The maximum Gasteiger partial charge on any atom is 0.270 e. The lowest BCUT2D eigenvalue weighted by Crippen LogP contribution is -2.54. The number of carbonyl (C=O) groups is 2. The van der Waals surface area contributed by atoms with Gasteiger partial charge in [0.25, 0.3) is 11.8 Å². The number of rotatable bonds is 4. The molecule has 180 valence electrons. The summed E-state index contributed by atoms with van der Waals surface area (Å²) in [7, 11) is 0. The van der Waals surface area contributed by atoms with Crippen molar-refractivity contribution in [1.82, 2.24) is 9.88 Å². The Morgan fingerprint density at radius 1 is 0.944 bits per heavy atom. The van der Waals surface area contributed by atoms with E-state index in [9.17, 15) is 9.59 Å². The van der Waals surface area contributed by atoms with Gasteiger partial charge in [0.15, 0.2) is 5.11 Å². The lowest BCUT2D eigenvalue weighted by atomic mass is 10.1. The Kier molecular flexibility index (Phi) is 6.43. The van der Waals surface area contributed by atoms with E-state index in [4.69, 9.17) is 35.4 Å². The zero-order valence-electron chi connectivity index (χ0n) is 19.5. The number of benzene rings is 3. The summed E-state index contributed by atoms with van der Waals surface area (Å²) in [6.07, 6.45) is 3.55. The van der Waals surface area contributed by atoms with Gasteiger partial charge in [0.1, 0.15) is 5.57 Å². The quantitative estimate of drug-likeness (QED) is 0.186. The lowest BCUT2D eigenvalue weighted by molar-refractivity contribution is -0.122. The molecule has 1 aliphatic rings. The van der Waals surface area contributed by atoms with Crippen LogP contribution in [0.2, 0.25) is 10.0 Å². The van der Waals surface area contributed by atoms with Crippen LogP contribution < -0.4 is 10.2 Å². The highest BCUT2D eigenvalue weighted by atomic mass is 35.5. The van der Waals surface area contributed by atoms with E-state index in [0.717, 1.165) is 33.2 Å². The fraction of sp³-hybridized carbons (Fsp3) is 0.107. The fourth-order valence-electron chi connectivity index (χ4n) is 4.48. The van der Waals surface area contributed by atoms with Crippen molar-refractivity contribution in [3.63, 3.8) is 0 Å². The van der Waals surface area contributed by atoms with E-state index in [1.807, 2.05) is 74.6 Å². The first-order chi connectivity index (χ1) is 17.2. The Bertz CT molecular complexity index is 1590. The Hall–Kier alpha value is -3.45. The molecule has 36 heavy (non-hydrogen) atoms. The third kappa shape index (κ3) is 4.55. The number of amides is 2. The molecule has 0 bridgehead atoms. The van der Waals surface area contributed by atoms with E-state index >= 15 is 0 Å². The second kappa shape index (κ2) is 9.54. The maximum absolute atomic E-state index is 13.6. The highest BCUT2D eigenvalue weighted by Crippen LogP contribution is 2.29. The molecule has 0 atom stereocenters. The Morgan fingerprint density at radius 3 is 2.39 bits per heavy atom. The summed E-state index contributed by atoms with van der Waals surface area (Å²) in [6.45, 7) is 4.44. The minimum atomic E-state index is -0.521. The molecule has 0 spiro atoms. The Balaban J connectivity index is 1.57. The summed E-state index contributed by atoms with van der Waals surface area (Å²) >= 11 is 17.6. The minimum Gasteiger partial charge on any atom is -0.342 e. The number of para-hydroxylation sites is 1. The van der Waals surface area contributed by atoms with E-state index in [0.29, 0.717) is 22.3 Å². The molecule has 3 aromatic carbocycles. The number of nitrogens with one attached hydrogen (secondary N) is 1. The molecular formula is C28H21Cl2N3O2S. The van der Waals surface area contributed by atoms with Crippen LogP contribution in [-0.4, -0.2) is 21.5 Å². The average molecular weight is 534 g/mol. The first kappa shape index (κ1) is 24.3. The van der Waals surface area contributed by atoms with Gasteiger partial charge in [0.2, 0.25) is 0 Å². The molecule has 0 aliphatic carbocycles. The third-order valence-corrected chi connectivity index (χ3v) is 7.05. The number of anilines is 1. The fourth-order valence-corrected chi connectivity index (χ4v) is 5.08. The van der Waals surface area contributed by atoms with Crippen molar-refractivity contribution >= 4 is 75.0 Å². The van der Waals surface area contributed by atoms with Crippen molar-refractivity contribution in [3.05, 3.63) is 105 Å². The normalized spacial score (nSPS) is 15.2. The van der Waals surface area contributed by atoms with Gasteiger partial charge < -0.3 is 4.57 Å². The van der Waals surface area contributed by atoms with Crippen LogP contribution in [0.5, 0.6) is 0 Å². The summed E-state index contributed by atoms with van der Waals surface area (Å²) in [5.41, 5.74) is 5.30. The van der Waals surface area contributed by atoms with Crippen molar-refractivity contribution < 1.29 is 9.59 Å². The van der Waals surface area contributed by atoms with E-state index in [1.54, 1.807) is 12.1 Å². The first-order valence-corrected chi connectivity index (χ1v) is 12.4. The van der Waals surface area contributed by atoms with Gasteiger partial charge in [-0.05, 0) is 79.2 Å². The highest BCUT2D eigenvalue weighted by Gasteiger charge is 2.34. The third-order valence-electron chi connectivity index (χ3n) is 6.02. The van der Waals surface area contributed by atoms with Crippen LogP contribution in [0, 0.1) is 13.8 Å². The summed E-state index contributed by atoms with van der Waals surface area (Å²) in [5.74, 6) is -0.984. The van der Waals surface area contributed by atoms with E-state index < -0.39 is 11.8 Å². The van der Waals surface area contributed by atoms with Crippen molar-refractivity contribution in [2.24, 2.45) is 0 Å². The Labute approximate surface area is 223 Å². The van der Waals surface area contributed by atoms with Crippen molar-refractivity contribution in [2.75, 3.05) is 4.90 Å². The van der Waals surface area contributed by atoms with Crippen LogP contribution in [0.15, 0.2) is 72.4 Å². The van der Waals surface area contributed by atoms with Gasteiger partial charge in [0.05, 0.1) is 15.7 Å². The minimum absolute atomic E-state index is 0.0141. The molecule has 0 radical (unpaired) electrons. The van der Waals surface area contributed by atoms with E-state index in [1.165, 1.54) is 4.90 Å². The standard InChI is InChI=1S/C28H21Cl2N3O2S/c1-16-9-17(2)11-20(10-16)33-27(35)22(26(34)31-28(33)36)13-19-15-32(25-6-4-3-5-21(19)25)14-18-7-8-23(29)24(30)12-18/h3-13,15H,14H2,1-2H3,(H,31,34,36)/b22-13+. The number of hydrogen-bond acceptors (Lipinski definition) is 3. The summed E-state index contributed by atoms with van der Waals surface area (Å²) in [4.78, 5) is 27.8. The second-order valence-corrected chi connectivity index (χ2v) is 9.98. The number of hydrogen-bond donors (Lipinski definition) is 1. The number of aromatic nitrogens is 1. The van der Waals surface area contributed by atoms with Crippen LogP contribution in [0.1, 0.15) is 22.3 Å². The molecule has 5 nitrogen and oxygen atoms in total. The second-order valence-electron chi connectivity index (χ2n) is 8.78. The number of nitrogens with zero attached hydrogens (tertiary/aromatic N) is 2. The summed E-state index contributed by atoms with van der Waals surface area (Å²) in [6, 6.07) is 19.1. The van der Waals surface area contributed by atoms with Crippen LogP contribution >= 0.6 is 35.4 Å². The predicted octanol–water partition coefficient (Wildman–Crippen LogP) is 6.44. The largest absolute Gasteiger partial charge is 0.342 e. The van der Waals surface area contributed by atoms with Gasteiger partial charge in [-0.3, -0.25) is 19.8 Å². The smallest absolute Gasteiger partial charge is 0.270 e. The lowest BCUT2D eigenvalue weighted by Gasteiger charge is -2.29. The summed E-state index contributed by atoms with van der Waals surface area (Å²) < 4.78 is 2.05. The van der Waals surface area contributed by atoms with Crippen LogP contribution in [-0.2, 0) is 16.1 Å². The maximum atomic E-state index is 13.6. The first-order valence-electron chi connectivity index (χ1n) is 11.2. The molecule has 2 amide bonds. The van der Waals surface area contributed by atoms with Gasteiger partial charge >= 0.3 is 0 Å². The summed E-state index contributed by atoms with van der Waals surface area (Å²) in [5, 5.41) is 4.63. The van der Waals surface area contributed by atoms with Crippen LogP contribution in [0.3, 0.4) is 0 Å². The molecule has 1 fully saturated rings. The van der Waals surface area contributed by atoms with Crippen LogP contribution in [0.25, 0.3) is 17.0 Å². The van der Waals surface area contributed by atoms with Crippen LogP contribution in [0.4, 0.5) is 5.69 Å². The SMILES string of the molecule is Cc1cc(C)cc(N2C(=O)/C(=C/c3cn(Cc4ccc(Cl)c(Cl)c4)c4ccccc34)C(=O)NC2=S)c1. The average Bonchev–Trinajstić information content (AvgIpc) is 3.15. The van der Waals surface area contributed by atoms with Gasteiger partial charge in [-0.15, -0.1) is 0 Å². The predicted molar refractivity (Wildman–Crippen MR) is 150 cm³/mol. The molecule has 0 unspecified atom stereocenters. The molecule has 0 saturated carbocycles. The van der Waals surface area contributed by atoms with Crippen molar-refractivity contribution in [2.45, 2.75) is 20.4 Å². The van der Waals surface area contributed by atoms with E-state index in [2.05, 4.69) is 9.88 Å². The topological polar surface area (TPSA) is 54.3 Å². The Morgan fingerprint density at radius 2 is 1.67 bits per heavy atom. The van der Waals surface area contributed by atoms with Crippen molar-refractivity contribution in [3.8, 4) is 0 Å². The van der Waals surface area contributed by atoms with Gasteiger partial charge in [-0.25, -0.2) is 0 Å². The zero-order valence-corrected chi connectivity index (χ0v) is 21.8. The van der Waals surface area contributed by atoms with Gasteiger partial charge in [-0.2, -0.15) is 0 Å². The van der Waals surface area contributed by atoms with E-state index in [-0.39, 0.29) is 10.7 Å². The number of carbonyl (C=O) groups excluding carboxylic acids is 2. The zero-order chi connectivity index (χ0) is 25.6. The molecule has 8 heteroatoms. The molecule has 4 aromatic rings. The van der Waals surface area contributed by atoms with Gasteiger partial charge in [-0.1, -0.05) is 53.5 Å². The van der Waals surface area contributed by atoms with Crippen molar-refractivity contribution in [1.29, 1.82) is 0 Å². The molecule has 2 heterocycles. The molecule has 5 rings (SSSR count). The molecule has 1 saturated heterocycles. The number of thiocarbonyl (C=S) groups is 1. The molecule has 1 N–H and O–H groups in total. The molecular weight excluding hydrogens is 513 g/mol. The van der Waals surface area contributed by atoms with Gasteiger partial charge in [0, 0.05) is 29.2 Å². The number of fused-ring (bicyclic) bond motifs is 1. The number of halogens is 2.